The molecule has 7 rings (SSSR count). The standard InChI is InChI=1S/C22H19.C19H19.2CH3.2ClH.H2Si.Zr/c1-15(2)18-13-17-9-6-12-21(22(17)14-18)20-11-5-8-16-7-3-4-10-19(16)20;1-12-7-13(2)9-16(8-12)17-6-5-15(4)18-10-14(3)11-19(17)18;;;;;;/h3-15H,1-2H3;5-11H,1-4H3;2*1H3;2*1H;1H2;. The summed E-state index contributed by atoms with van der Waals surface area (Å²) in [5.41, 5.74) is 18.9. The number of halogens is 2. The van der Waals surface area contributed by atoms with Gasteiger partial charge in [-0.3, -0.25) is 0 Å². The minimum absolute atomic E-state index is 0. The van der Waals surface area contributed by atoms with Crippen molar-refractivity contribution in [2.24, 2.45) is 5.92 Å². The molecule has 2 unspecified atom stereocenters. The monoisotopic (exact) mass is 752 g/mol. The molecule has 47 heavy (non-hydrogen) atoms. The summed E-state index contributed by atoms with van der Waals surface area (Å²) in [6.07, 6.45) is 5.18. The zero-order valence-corrected chi connectivity index (χ0v) is 34.6. The van der Waals surface area contributed by atoms with Crippen LogP contribution >= 0.6 is 24.8 Å². The van der Waals surface area contributed by atoms with Crippen molar-refractivity contribution in [2.45, 2.75) is 58.1 Å². The van der Waals surface area contributed by atoms with Crippen molar-refractivity contribution >= 4 is 54.6 Å². The van der Waals surface area contributed by atoms with Gasteiger partial charge >= 0.3 is 275 Å². The second kappa shape index (κ2) is 12.8. The Morgan fingerprint density at radius 1 is 0.638 bits per heavy atom. The average Bonchev–Trinajstić information content (AvgIpc) is 3.57. The van der Waals surface area contributed by atoms with Crippen LogP contribution in [0.15, 0.2) is 102 Å². The molecule has 2 aliphatic rings. The summed E-state index contributed by atoms with van der Waals surface area (Å²) in [6, 6.07) is 34.6. The molecule has 0 bridgehead atoms. The first-order chi connectivity index (χ1) is 21.3. The van der Waals surface area contributed by atoms with Crippen molar-refractivity contribution in [2.75, 3.05) is 0 Å². The molecule has 5 aromatic rings. The molecule has 5 aromatic carbocycles. The molecule has 0 saturated carbocycles. The van der Waals surface area contributed by atoms with E-state index in [-0.39, 0.29) is 24.8 Å². The molecule has 0 saturated heterocycles. The minimum atomic E-state index is -3.72. The fourth-order valence-electron chi connectivity index (χ4n) is 9.27. The van der Waals surface area contributed by atoms with Crippen LogP contribution in [0.25, 0.3) is 45.2 Å². The van der Waals surface area contributed by atoms with Crippen LogP contribution in [0.5, 0.6) is 0 Å². The molecule has 0 fully saturated rings. The van der Waals surface area contributed by atoms with E-state index < -0.39 is 17.4 Å². The van der Waals surface area contributed by atoms with Gasteiger partial charge in [-0.05, 0) is 0 Å². The Morgan fingerprint density at radius 2 is 1.28 bits per heavy atom. The van der Waals surface area contributed by atoms with Gasteiger partial charge in [0.15, 0.2) is 0 Å². The third kappa shape index (κ3) is 5.82. The van der Waals surface area contributed by atoms with Gasteiger partial charge in [0.2, 0.25) is 0 Å². The van der Waals surface area contributed by atoms with Crippen molar-refractivity contribution in [3.8, 4) is 22.3 Å². The van der Waals surface area contributed by atoms with Gasteiger partial charge in [0.05, 0.1) is 0 Å². The third-order valence-electron chi connectivity index (χ3n) is 10.9. The zero-order valence-electron chi connectivity index (χ0n) is 29.1. The van der Waals surface area contributed by atoms with Gasteiger partial charge < -0.3 is 0 Å². The van der Waals surface area contributed by atoms with E-state index in [1.807, 2.05) is 0 Å². The van der Waals surface area contributed by atoms with E-state index in [9.17, 15) is 0 Å². The van der Waals surface area contributed by atoms with Crippen LogP contribution in [-0.4, -0.2) is 6.88 Å². The summed E-state index contributed by atoms with van der Waals surface area (Å²) in [6.45, 7) is 16.5. The number of hydrogen-bond acceptors (Lipinski definition) is 0. The van der Waals surface area contributed by atoms with Gasteiger partial charge in [0.1, 0.15) is 0 Å². The summed E-state index contributed by atoms with van der Waals surface area (Å²) >= 11 is -3.72. The number of allylic oxidation sites excluding steroid dienone is 2. The van der Waals surface area contributed by atoms with Crippen molar-refractivity contribution in [1.82, 2.24) is 0 Å². The summed E-state index contributed by atoms with van der Waals surface area (Å²) < 4.78 is 6.56. The van der Waals surface area contributed by atoms with E-state index in [2.05, 4.69) is 161 Å². The first-order valence-electron chi connectivity index (χ1n) is 16.6. The predicted molar refractivity (Wildman–Crippen MR) is 212 cm³/mol. The molecule has 0 heterocycles. The molecule has 0 aromatic heterocycles. The molecule has 2 aliphatic carbocycles. The fraction of sp³-hybridized carbons (Fsp3) is 0.256. The molecular weight excluding hydrogens is 707 g/mol. The van der Waals surface area contributed by atoms with E-state index >= 15 is 0 Å². The number of hydrogen-bond donors (Lipinski definition) is 0. The Morgan fingerprint density at radius 3 is 1.98 bits per heavy atom. The van der Waals surface area contributed by atoms with Crippen LogP contribution in [0, 0.1) is 26.7 Å². The van der Waals surface area contributed by atoms with Gasteiger partial charge in [-0.2, -0.15) is 0 Å². The largest absolute Gasteiger partial charge is 0.147 e. The molecule has 2 atom stereocenters. The first kappa shape index (κ1) is 35.8. The second-order valence-electron chi connectivity index (χ2n) is 15.5. The topological polar surface area (TPSA) is 0 Å². The molecule has 0 N–H and O–H groups in total. The third-order valence-corrected chi connectivity index (χ3v) is 28.5. The smallest absolute Gasteiger partial charge is 0.147 e. The maximum atomic E-state index is 2.78. The minimum Gasteiger partial charge on any atom is -0.147 e. The second-order valence-corrected chi connectivity index (χ2v) is 45.9. The Labute approximate surface area is 297 Å². The van der Waals surface area contributed by atoms with Gasteiger partial charge in [-0.25, -0.2) is 0 Å². The number of aryl methyl sites for hydroxylation is 3. The van der Waals surface area contributed by atoms with Gasteiger partial charge in [0.25, 0.3) is 0 Å². The molecule has 0 radical (unpaired) electrons. The maximum Gasteiger partial charge on any atom is -0.147 e. The van der Waals surface area contributed by atoms with Crippen LogP contribution in [0.1, 0.15) is 67.0 Å². The Bertz CT molecular complexity index is 2150. The van der Waals surface area contributed by atoms with E-state index in [0.717, 1.165) is 0 Å². The summed E-state index contributed by atoms with van der Waals surface area (Å²) in [5.74, 6) is 0.494. The van der Waals surface area contributed by atoms with E-state index in [1.54, 1.807) is 22.3 Å². The van der Waals surface area contributed by atoms with Crippen LogP contribution in [0.2, 0.25) is 9.26 Å². The van der Waals surface area contributed by atoms with E-state index in [4.69, 9.17) is 0 Å². The van der Waals surface area contributed by atoms with Crippen molar-refractivity contribution in [3.05, 3.63) is 141 Å². The molecule has 0 aliphatic heterocycles. The fourth-order valence-corrected chi connectivity index (χ4v) is 29.9. The molecule has 0 spiro atoms. The first-order valence-corrected chi connectivity index (χ1v) is 30.3. The number of fused-ring (bicyclic) bond motifs is 3. The quantitative estimate of drug-likeness (QED) is 0.157. The van der Waals surface area contributed by atoms with Crippen LogP contribution < -0.4 is 0 Å². The number of rotatable bonds is 5. The summed E-state index contributed by atoms with van der Waals surface area (Å²) in [7, 11) is 0. The Kier molecular flexibility index (Phi) is 9.73. The van der Waals surface area contributed by atoms with Crippen molar-refractivity contribution in [1.29, 1.82) is 0 Å². The SMILES string of the molecule is CC1=Cc2c(-c3cc(C)cc(C)c3)ccc(C)c2[CH]1[Zr]([CH3])([CH3])(=[SiH2])[CH]1C(C(C)C)=Cc2c(-c3cccc4ccccc34)cccc21.Cl.Cl. The van der Waals surface area contributed by atoms with Crippen LogP contribution in [0.3, 0.4) is 0 Å². The zero-order chi connectivity index (χ0) is 31.9. The normalized spacial score (nSPS) is 17.1. The van der Waals surface area contributed by atoms with Crippen molar-refractivity contribution < 1.29 is 17.4 Å². The van der Waals surface area contributed by atoms with Gasteiger partial charge in [-0.1, -0.05) is 0 Å². The summed E-state index contributed by atoms with van der Waals surface area (Å²) in [4.78, 5) is 0. The van der Waals surface area contributed by atoms with E-state index in [1.165, 1.54) is 60.8 Å². The van der Waals surface area contributed by atoms with Crippen LogP contribution in [-0.2, 0) is 17.4 Å². The van der Waals surface area contributed by atoms with Gasteiger partial charge in [0, 0.05) is 0 Å². The number of benzene rings is 5. The molecule has 4 heteroatoms. The van der Waals surface area contributed by atoms with Gasteiger partial charge in [-0.15, -0.1) is 24.8 Å². The Hall–Kier alpha value is -2.48. The Balaban J connectivity index is 0.00000217. The van der Waals surface area contributed by atoms with Crippen LogP contribution in [0.4, 0.5) is 0 Å². The molecule has 0 nitrogen and oxygen atoms in total. The maximum absolute atomic E-state index is 3.72. The van der Waals surface area contributed by atoms with E-state index in [0.29, 0.717) is 13.2 Å². The molecular formula is C43H48Cl2SiZr. The average molecular weight is 755 g/mol. The molecule has 242 valence electrons. The molecule has 0 amide bonds. The summed E-state index contributed by atoms with van der Waals surface area (Å²) in [5, 5.41) is 2.65. The van der Waals surface area contributed by atoms with Crippen molar-refractivity contribution in [3.63, 3.8) is 0 Å². The predicted octanol–water partition coefficient (Wildman–Crippen LogP) is 12.5.